The van der Waals surface area contributed by atoms with Gasteiger partial charge in [-0.05, 0) is 30.0 Å². The number of hydrogen-bond acceptors (Lipinski definition) is 1. The molecule has 0 spiro atoms. The van der Waals surface area contributed by atoms with Crippen molar-refractivity contribution in [3.63, 3.8) is 0 Å². The highest BCUT2D eigenvalue weighted by Gasteiger charge is 2.36. The molecule has 2 heteroatoms. The molecule has 0 saturated heterocycles. The molecule has 1 nitrogen and oxygen atoms in total. The quantitative estimate of drug-likeness (QED) is 0.813. The molecular formula is C12H17BrO. The first-order chi connectivity index (χ1) is 6.25. The first-order valence-corrected chi connectivity index (χ1v) is 5.53. The summed E-state index contributed by atoms with van der Waals surface area (Å²) in [4.78, 5) is 0. The van der Waals surface area contributed by atoms with Crippen molar-refractivity contribution in [1.29, 1.82) is 0 Å². The van der Waals surface area contributed by atoms with Crippen LogP contribution in [0.1, 0.15) is 33.3 Å². The van der Waals surface area contributed by atoms with E-state index in [9.17, 15) is 5.11 Å². The van der Waals surface area contributed by atoms with Crippen LogP contribution in [0.5, 0.6) is 0 Å². The van der Waals surface area contributed by atoms with Crippen molar-refractivity contribution in [1.82, 2.24) is 0 Å². The summed E-state index contributed by atoms with van der Waals surface area (Å²) in [6.07, 6.45) is 0. The van der Waals surface area contributed by atoms with Gasteiger partial charge in [0.2, 0.25) is 0 Å². The first kappa shape index (κ1) is 11.7. The molecule has 0 aliphatic heterocycles. The number of halogens is 1. The Morgan fingerprint density at radius 3 is 1.79 bits per heavy atom. The van der Waals surface area contributed by atoms with Crippen molar-refractivity contribution < 1.29 is 5.11 Å². The van der Waals surface area contributed by atoms with Gasteiger partial charge in [-0.15, -0.1) is 0 Å². The second kappa shape index (κ2) is 3.67. The van der Waals surface area contributed by atoms with E-state index < -0.39 is 5.60 Å². The first-order valence-electron chi connectivity index (χ1n) is 4.73. The molecule has 0 heterocycles. The zero-order chi connectivity index (χ0) is 11.0. The monoisotopic (exact) mass is 256 g/mol. The molecule has 0 radical (unpaired) electrons. The van der Waals surface area contributed by atoms with Gasteiger partial charge in [-0.3, -0.25) is 0 Å². The van der Waals surface area contributed by atoms with Crippen LogP contribution in [0, 0.1) is 5.41 Å². The Balaban J connectivity index is 3.10. The fraction of sp³-hybridized carbons (Fsp3) is 0.500. The third-order valence-electron chi connectivity index (χ3n) is 2.87. The van der Waals surface area contributed by atoms with Crippen molar-refractivity contribution in [3.05, 3.63) is 34.3 Å². The van der Waals surface area contributed by atoms with Gasteiger partial charge in [-0.2, -0.15) is 0 Å². The zero-order valence-electron chi connectivity index (χ0n) is 9.13. The van der Waals surface area contributed by atoms with E-state index in [2.05, 4.69) is 15.9 Å². The summed E-state index contributed by atoms with van der Waals surface area (Å²) in [6, 6.07) is 7.82. The van der Waals surface area contributed by atoms with E-state index in [-0.39, 0.29) is 5.41 Å². The molecule has 0 amide bonds. The topological polar surface area (TPSA) is 20.2 Å². The molecule has 0 fully saturated rings. The maximum absolute atomic E-state index is 10.4. The van der Waals surface area contributed by atoms with Crippen molar-refractivity contribution in [2.75, 3.05) is 0 Å². The standard InChI is InChI=1S/C12H17BrO/c1-11(2,3)12(4,14)9-5-7-10(13)8-6-9/h5-8,14H,1-4H3. The summed E-state index contributed by atoms with van der Waals surface area (Å²) < 4.78 is 1.03. The molecule has 1 atom stereocenters. The molecule has 1 aromatic rings. The second-order valence-corrected chi connectivity index (χ2v) is 5.74. The van der Waals surface area contributed by atoms with Crippen LogP contribution in [0.3, 0.4) is 0 Å². The highest BCUT2D eigenvalue weighted by molar-refractivity contribution is 9.10. The fourth-order valence-electron chi connectivity index (χ4n) is 1.21. The Kier molecular flexibility index (Phi) is 3.07. The van der Waals surface area contributed by atoms with Gasteiger partial charge in [0.05, 0.1) is 5.60 Å². The average Bonchev–Trinajstić information content (AvgIpc) is 2.03. The summed E-state index contributed by atoms with van der Waals surface area (Å²) in [6.45, 7) is 7.97. The predicted octanol–water partition coefficient (Wildman–Crippen LogP) is 3.70. The predicted molar refractivity (Wildman–Crippen MR) is 63.2 cm³/mol. The molecule has 14 heavy (non-hydrogen) atoms. The number of rotatable bonds is 1. The van der Waals surface area contributed by atoms with Crippen LogP contribution in [0.2, 0.25) is 0 Å². The van der Waals surface area contributed by atoms with E-state index in [0.29, 0.717) is 0 Å². The van der Waals surface area contributed by atoms with E-state index in [1.54, 1.807) is 0 Å². The average molecular weight is 257 g/mol. The lowest BCUT2D eigenvalue weighted by atomic mass is 9.73. The molecule has 1 aromatic carbocycles. The third kappa shape index (κ3) is 2.18. The van der Waals surface area contributed by atoms with E-state index in [1.165, 1.54) is 0 Å². The molecule has 0 aliphatic rings. The van der Waals surface area contributed by atoms with E-state index in [4.69, 9.17) is 0 Å². The molecule has 0 aromatic heterocycles. The smallest absolute Gasteiger partial charge is 0.0916 e. The highest BCUT2D eigenvalue weighted by atomic mass is 79.9. The van der Waals surface area contributed by atoms with E-state index >= 15 is 0 Å². The number of aliphatic hydroxyl groups is 1. The normalized spacial score (nSPS) is 16.4. The lowest BCUT2D eigenvalue weighted by molar-refractivity contribution is -0.0470. The Labute approximate surface area is 94.3 Å². The summed E-state index contributed by atoms with van der Waals surface area (Å²) in [5.74, 6) is 0. The lowest BCUT2D eigenvalue weighted by Crippen LogP contribution is -2.36. The summed E-state index contributed by atoms with van der Waals surface area (Å²) >= 11 is 3.38. The Morgan fingerprint density at radius 2 is 1.43 bits per heavy atom. The minimum Gasteiger partial charge on any atom is -0.385 e. The molecule has 1 unspecified atom stereocenters. The minimum atomic E-state index is -0.798. The van der Waals surface area contributed by atoms with Crippen molar-refractivity contribution in [2.45, 2.75) is 33.3 Å². The van der Waals surface area contributed by atoms with Crippen LogP contribution >= 0.6 is 15.9 Å². The summed E-state index contributed by atoms with van der Waals surface area (Å²) in [7, 11) is 0. The van der Waals surface area contributed by atoms with Gasteiger partial charge in [0.25, 0.3) is 0 Å². The van der Waals surface area contributed by atoms with Gasteiger partial charge in [0, 0.05) is 4.47 Å². The molecule has 1 rings (SSSR count). The minimum absolute atomic E-state index is 0.166. The molecular weight excluding hydrogens is 240 g/mol. The molecule has 0 saturated carbocycles. The molecule has 0 aliphatic carbocycles. The van der Waals surface area contributed by atoms with Gasteiger partial charge < -0.3 is 5.11 Å². The Morgan fingerprint density at radius 1 is 1.00 bits per heavy atom. The summed E-state index contributed by atoms with van der Waals surface area (Å²) in [5.41, 5.74) is -0.0117. The Hall–Kier alpha value is -0.340. The van der Waals surface area contributed by atoms with Gasteiger partial charge in [-0.25, -0.2) is 0 Å². The fourth-order valence-corrected chi connectivity index (χ4v) is 1.47. The lowest BCUT2D eigenvalue weighted by Gasteiger charge is -2.37. The maximum atomic E-state index is 10.4. The number of hydrogen-bond donors (Lipinski definition) is 1. The largest absolute Gasteiger partial charge is 0.385 e. The van der Waals surface area contributed by atoms with Crippen LogP contribution in [-0.2, 0) is 5.60 Å². The van der Waals surface area contributed by atoms with Crippen LogP contribution in [0.15, 0.2) is 28.7 Å². The van der Waals surface area contributed by atoms with Crippen LogP contribution in [-0.4, -0.2) is 5.11 Å². The van der Waals surface area contributed by atoms with Gasteiger partial charge in [0.15, 0.2) is 0 Å². The third-order valence-corrected chi connectivity index (χ3v) is 3.40. The van der Waals surface area contributed by atoms with Crippen LogP contribution in [0.25, 0.3) is 0 Å². The number of benzene rings is 1. The zero-order valence-corrected chi connectivity index (χ0v) is 10.7. The van der Waals surface area contributed by atoms with Crippen molar-refractivity contribution in [2.24, 2.45) is 5.41 Å². The highest BCUT2D eigenvalue weighted by Crippen LogP contribution is 2.38. The summed E-state index contributed by atoms with van der Waals surface area (Å²) in [5, 5.41) is 10.4. The molecule has 78 valence electrons. The van der Waals surface area contributed by atoms with Crippen LogP contribution in [0.4, 0.5) is 0 Å². The SMILES string of the molecule is CC(C)(C)C(C)(O)c1ccc(Br)cc1. The van der Waals surface area contributed by atoms with E-state index in [0.717, 1.165) is 10.0 Å². The molecule has 0 bridgehead atoms. The second-order valence-electron chi connectivity index (χ2n) is 4.83. The van der Waals surface area contributed by atoms with Crippen molar-refractivity contribution >= 4 is 15.9 Å². The van der Waals surface area contributed by atoms with Gasteiger partial charge >= 0.3 is 0 Å². The van der Waals surface area contributed by atoms with E-state index in [1.807, 2.05) is 52.0 Å². The maximum Gasteiger partial charge on any atom is 0.0916 e. The van der Waals surface area contributed by atoms with Crippen molar-refractivity contribution in [3.8, 4) is 0 Å². The van der Waals surface area contributed by atoms with Gasteiger partial charge in [-0.1, -0.05) is 48.8 Å². The van der Waals surface area contributed by atoms with Gasteiger partial charge in [0.1, 0.15) is 0 Å². The molecule has 1 N–H and O–H groups in total. The van der Waals surface area contributed by atoms with Crippen LogP contribution < -0.4 is 0 Å². The Bertz CT molecular complexity index is 306.